The first-order valence-electron chi connectivity index (χ1n) is 10.8. The van der Waals surface area contributed by atoms with Crippen LogP contribution >= 0.6 is 11.8 Å². The van der Waals surface area contributed by atoms with Gasteiger partial charge >= 0.3 is 12.1 Å². The van der Waals surface area contributed by atoms with Crippen molar-refractivity contribution in [2.24, 2.45) is 0 Å². The molecule has 0 aliphatic carbocycles. The Morgan fingerprint density at radius 3 is 2.62 bits per heavy atom. The molecule has 0 aromatic heterocycles. The van der Waals surface area contributed by atoms with Gasteiger partial charge in [-0.3, -0.25) is 5.41 Å². The summed E-state index contributed by atoms with van der Waals surface area (Å²) in [6.45, 7) is 9.00. The zero-order valence-corrected chi connectivity index (χ0v) is 20.5. The molecule has 0 fully saturated rings. The highest BCUT2D eigenvalue weighted by Gasteiger charge is 2.49. The fraction of sp³-hybridized carbons (Fsp3) is 0.609. The van der Waals surface area contributed by atoms with E-state index < -0.39 is 29.4 Å². The maximum atomic E-state index is 13.0. The van der Waals surface area contributed by atoms with E-state index in [1.807, 2.05) is 25.3 Å². The molecular weight excluding hydrogens is 432 g/mol. The average Bonchev–Trinajstić information content (AvgIpc) is 2.75. The van der Waals surface area contributed by atoms with Gasteiger partial charge in [0.25, 0.3) is 0 Å². The lowest BCUT2D eigenvalue weighted by atomic mass is 9.90. The number of esters is 1. The van der Waals surface area contributed by atoms with E-state index in [0.29, 0.717) is 23.6 Å². The number of nitrogens with one attached hydrogen (secondary N) is 2. The summed E-state index contributed by atoms with van der Waals surface area (Å²) in [5.41, 5.74) is 1.72. The molecule has 1 amide bonds. The van der Waals surface area contributed by atoms with Gasteiger partial charge in [-0.1, -0.05) is 13.3 Å². The van der Waals surface area contributed by atoms with Crippen molar-refractivity contribution in [3.05, 3.63) is 29.3 Å². The molecule has 32 heavy (non-hydrogen) atoms. The molecule has 0 saturated heterocycles. The molecule has 0 saturated carbocycles. The number of fused-ring (bicyclic) bond motifs is 1. The quantitative estimate of drug-likeness (QED) is 0.189. The molecule has 0 radical (unpaired) electrons. The molecule has 1 aliphatic rings. The molecule has 9 heteroatoms. The van der Waals surface area contributed by atoms with Crippen LogP contribution in [-0.4, -0.2) is 47.3 Å². The van der Waals surface area contributed by atoms with Gasteiger partial charge in [0.05, 0.1) is 11.7 Å². The summed E-state index contributed by atoms with van der Waals surface area (Å²) in [6.07, 6.45) is 3.06. The first-order valence-corrected chi connectivity index (χ1v) is 12.0. The van der Waals surface area contributed by atoms with E-state index in [1.54, 1.807) is 33.8 Å². The lowest BCUT2D eigenvalue weighted by molar-refractivity contribution is -0.196. The van der Waals surface area contributed by atoms with Gasteiger partial charge in [0.2, 0.25) is 5.60 Å². The Bertz CT molecular complexity index is 838. The molecule has 0 spiro atoms. The van der Waals surface area contributed by atoms with E-state index >= 15 is 0 Å². The van der Waals surface area contributed by atoms with Crippen molar-refractivity contribution < 1.29 is 28.6 Å². The van der Waals surface area contributed by atoms with Crippen LogP contribution in [0.3, 0.4) is 0 Å². The molecule has 1 aromatic carbocycles. The van der Waals surface area contributed by atoms with Gasteiger partial charge in [-0.15, -0.1) is 11.8 Å². The number of benzene rings is 1. The van der Waals surface area contributed by atoms with Crippen LogP contribution in [0.4, 0.5) is 4.79 Å². The molecular formula is C23H34N2O6S. The standard InChI is InChI=1S/C23H34N2O6S/c1-7-8-13-28-20(26)23(5,31-25-21(27)30-22(2,3)4)18-12-10-15-14-16(19(24)32-6)9-11-17(15)29-18/h9,11,14,18,24H,7-8,10,12-13H2,1-6H3,(H,25,27)/t18-,23+/m1/s1. The summed E-state index contributed by atoms with van der Waals surface area (Å²) in [5, 5.41) is 8.49. The summed E-state index contributed by atoms with van der Waals surface area (Å²) in [5.74, 6) is 0.00333. The summed E-state index contributed by atoms with van der Waals surface area (Å²) in [7, 11) is 0. The minimum absolute atomic E-state index is 0.254. The first-order chi connectivity index (χ1) is 15.0. The van der Waals surface area contributed by atoms with Crippen LogP contribution in [0.2, 0.25) is 0 Å². The van der Waals surface area contributed by atoms with Gasteiger partial charge in [0.1, 0.15) is 17.5 Å². The SMILES string of the molecule is CCCCOC(=O)[C@@](C)(ONC(=O)OC(C)(C)C)[C@H]1CCc2cc(C(=N)SC)ccc2O1. The van der Waals surface area contributed by atoms with Crippen molar-refractivity contribution in [3.8, 4) is 5.75 Å². The molecule has 2 N–H and O–H groups in total. The van der Waals surface area contributed by atoms with Crippen molar-refractivity contribution in [1.82, 2.24) is 5.48 Å². The Hall–Kier alpha value is -2.26. The third-order valence-electron chi connectivity index (χ3n) is 4.97. The monoisotopic (exact) mass is 466 g/mol. The second-order valence-corrected chi connectivity index (χ2v) is 9.62. The van der Waals surface area contributed by atoms with Gasteiger partial charge < -0.3 is 14.2 Å². The van der Waals surface area contributed by atoms with Crippen molar-refractivity contribution >= 4 is 28.9 Å². The highest BCUT2D eigenvalue weighted by atomic mass is 32.2. The maximum Gasteiger partial charge on any atom is 0.431 e. The van der Waals surface area contributed by atoms with Gasteiger partial charge in [-0.25, -0.2) is 14.4 Å². The number of aryl methyl sites for hydroxylation is 1. The summed E-state index contributed by atoms with van der Waals surface area (Å²) in [4.78, 5) is 30.7. The number of hydroxylamine groups is 1. The molecule has 0 unspecified atom stereocenters. The predicted octanol–water partition coefficient (Wildman–Crippen LogP) is 4.63. The van der Waals surface area contributed by atoms with Crippen molar-refractivity contribution in [3.63, 3.8) is 0 Å². The Morgan fingerprint density at radius 1 is 1.28 bits per heavy atom. The summed E-state index contributed by atoms with van der Waals surface area (Å²) in [6, 6.07) is 5.55. The third kappa shape index (κ3) is 6.87. The fourth-order valence-corrected chi connectivity index (χ4v) is 3.54. The van der Waals surface area contributed by atoms with Gasteiger partial charge in [0.15, 0.2) is 0 Å². The van der Waals surface area contributed by atoms with Crippen LogP contribution in [0.15, 0.2) is 18.2 Å². The highest BCUT2D eigenvalue weighted by molar-refractivity contribution is 8.13. The normalized spacial score (nSPS) is 17.4. The number of carbonyl (C=O) groups excluding carboxylic acids is 2. The number of unbranched alkanes of at least 4 members (excludes halogenated alkanes) is 1. The zero-order valence-electron chi connectivity index (χ0n) is 19.7. The number of amides is 1. The number of rotatable bonds is 8. The van der Waals surface area contributed by atoms with E-state index in [4.69, 9.17) is 24.5 Å². The van der Waals surface area contributed by atoms with Gasteiger partial charge in [-0.2, -0.15) is 5.48 Å². The van der Waals surface area contributed by atoms with Crippen LogP contribution in [0.1, 0.15) is 65.0 Å². The Labute approximate surface area is 194 Å². The van der Waals surface area contributed by atoms with Crippen LogP contribution in [0.25, 0.3) is 0 Å². The maximum absolute atomic E-state index is 13.0. The smallest absolute Gasteiger partial charge is 0.431 e. The van der Waals surface area contributed by atoms with Crippen LogP contribution < -0.4 is 10.2 Å². The lowest BCUT2D eigenvalue weighted by Crippen LogP contribution is -2.57. The number of carbonyl (C=O) groups is 2. The molecule has 1 aliphatic heterocycles. The first kappa shape index (κ1) is 26.0. The zero-order chi connectivity index (χ0) is 23.9. The van der Waals surface area contributed by atoms with Crippen LogP contribution in [-0.2, 0) is 25.5 Å². The van der Waals surface area contributed by atoms with Crippen molar-refractivity contribution in [1.29, 1.82) is 5.41 Å². The third-order valence-corrected chi connectivity index (χ3v) is 5.61. The van der Waals surface area contributed by atoms with E-state index in [1.165, 1.54) is 11.8 Å². The van der Waals surface area contributed by atoms with Crippen LogP contribution in [0, 0.1) is 5.41 Å². The Balaban J connectivity index is 2.20. The minimum atomic E-state index is -1.58. The number of ether oxygens (including phenoxy) is 3. The molecule has 1 aromatic rings. The Morgan fingerprint density at radius 2 is 2.00 bits per heavy atom. The molecule has 8 nitrogen and oxygen atoms in total. The average molecular weight is 467 g/mol. The lowest BCUT2D eigenvalue weighted by Gasteiger charge is -2.37. The number of hydrogen-bond acceptors (Lipinski definition) is 8. The van der Waals surface area contributed by atoms with E-state index in [0.717, 1.165) is 24.0 Å². The Kier molecular flexibility index (Phi) is 8.98. The molecule has 0 bridgehead atoms. The molecule has 2 rings (SSSR count). The molecule has 1 heterocycles. The highest BCUT2D eigenvalue weighted by Crippen LogP contribution is 2.35. The van der Waals surface area contributed by atoms with E-state index in [-0.39, 0.29) is 6.61 Å². The molecule has 2 atom stereocenters. The minimum Gasteiger partial charge on any atom is -0.486 e. The van der Waals surface area contributed by atoms with Crippen molar-refractivity contribution in [2.45, 2.75) is 77.6 Å². The molecule has 178 valence electrons. The van der Waals surface area contributed by atoms with E-state index in [2.05, 4.69) is 5.48 Å². The predicted molar refractivity (Wildman–Crippen MR) is 124 cm³/mol. The van der Waals surface area contributed by atoms with E-state index in [9.17, 15) is 9.59 Å². The van der Waals surface area contributed by atoms with Crippen molar-refractivity contribution in [2.75, 3.05) is 12.9 Å². The topological polar surface area (TPSA) is 107 Å². The fourth-order valence-electron chi connectivity index (χ4n) is 3.17. The van der Waals surface area contributed by atoms with Gasteiger partial charge in [-0.05, 0) is 77.0 Å². The second-order valence-electron chi connectivity index (χ2n) is 8.80. The van der Waals surface area contributed by atoms with Crippen LogP contribution in [0.5, 0.6) is 5.75 Å². The summed E-state index contributed by atoms with van der Waals surface area (Å²) < 4.78 is 16.8. The number of hydrogen-bond donors (Lipinski definition) is 2. The summed E-state index contributed by atoms with van der Waals surface area (Å²) >= 11 is 1.37. The van der Waals surface area contributed by atoms with Gasteiger partial charge in [0, 0.05) is 5.56 Å². The number of thioether (sulfide) groups is 1. The second kappa shape index (κ2) is 11.0. The largest absolute Gasteiger partial charge is 0.486 e.